The summed E-state index contributed by atoms with van der Waals surface area (Å²) in [6, 6.07) is 6.36. The molecule has 0 saturated heterocycles. The third kappa shape index (κ3) is 4.94. The fourth-order valence-corrected chi connectivity index (χ4v) is 1.10. The van der Waals surface area contributed by atoms with Crippen LogP contribution in [0.15, 0.2) is 24.4 Å². The maximum atomic E-state index is 5.24. The maximum absolute atomic E-state index is 5.24. The minimum absolute atomic E-state index is 0.379. The van der Waals surface area contributed by atoms with Crippen LogP contribution in [0.4, 0.5) is 0 Å². The summed E-state index contributed by atoms with van der Waals surface area (Å²) in [6.07, 6.45) is 3.79. The lowest BCUT2D eigenvalue weighted by molar-refractivity contribution is 0.0227. The van der Waals surface area contributed by atoms with E-state index in [0.717, 1.165) is 25.1 Å². The molecule has 0 aliphatic heterocycles. The molecule has 0 atom stereocenters. The standard InChI is InChI=1S/C11H18N2O/c1-10(2)13-14-9-5-7-11-6-3-4-8-12-11/h3-4,6,8,10,13H,5,7,9H2,1-2H3. The van der Waals surface area contributed by atoms with Crippen molar-refractivity contribution in [1.29, 1.82) is 0 Å². The largest absolute Gasteiger partial charge is 0.302 e. The molecule has 0 amide bonds. The van der Waals surface area contributed by atoms with Crippen LogP contribution >= 0.6 is 0 Å². The molecule has 0 aliphatic carbocycles. The predicted octanol–water partition coefficient (Wildman–Crippen LogP) is 1.94. The Balaban J connectivity index is 2.05. The van der Waals surface area contributed by atoms with Crippen LogP contribution in [0.3, 0.4) is 0 Å². The lowest BCUT2D eigenvalue weighted by atomic mass is 10.2. The third-order valence-electron chi connectivity index (χ3n) is 1.72. The molecular weight excluding hydrogens is 176 g/mol. The summed E-state index contributed by atoms with van der Waals surface area (Å²) < 4.78 is 0. The molecule has 1 rings (SSSR count). The number of rotatable bonds is 6. The van der Waals surface area contributed by atoms with E-state index in [1.54, 1.807) is 0 Å². The van der Waals surface area contributed by atoms with Crippen LogP contribution in [0.1, 0.15) is 26.0 Å². The average Bonchev–Trinajstić information content (AvgIpc) is 2.18. The Bertz CT molecular complexity index is 236. The van der Waals surface area contributed by atoms with Gasteiger partial charge in [-0.05, 0) is 38.8 Å². The molecule has 14 heavy (non-hydrogen) atoms. The molecule has 0 spiro atoms. The molecule has 0 aromatic carbocycles. The molecule has 0 aliphatic rings. The Morgan fingerprint density at radius 3 is 2.93 bits per heavy atom. The van der Waals surface area contributed by atoms with E-state index >= 15 is 0 Å². The number of hydrogen-bond donors (Lipinski definition) is 1. The van der Waals surface area contributed by atoms with Crippen molar-refractivity contribution >= 4 is 0 Å². The van der Waals surface area contributed by atoms with E-state index in [4.69, 9.17) is 4.84 Å². The number of hydroxylamine groups is 1. The minimum atomic E-state index is 0.379. The van der Waals surface area contributed by atoms with Crippen molar-refractivity contribution < 1.29 is 4.84 Å². The number of aryl methyl sites for hydroxylation is 1. The monoisotopic (exact) mass is 194 g/mol. The molecular formula is C11H18N2O. The molecule has 78 valence electrons. The second-order valence-corrected chi connectivity index (χ2v) is 3.55. The highest BCUT2D eigenvalue weighted by molar-refractivity contribution is 5.03. The van der Waals surface area contributed by atoms with Gasteiger partial charge in [0.2, 0.25) is 0 Å². The zero-order valence-corrected chi connectivity index (χ0v) is 8.86. The van der Waals surface area contributed by atoms with E-state index in [1.807, 2.05) is 24.4 Å². The summed E-state index contributed by atoms with van der Waals surface area (Å²) in [4.78, 5) is 9.47. The van der Waals surface area contributed by atoms with E-state index in [0.29, 0.717) is 6.04 Å². The van der Waals surface area contributed by atoms with Gasteiger partial charge in [0.15, 0.2) is 0 Å². The van der Waals surface area contributed by atoms with Gasteiger partial charge in [-0.25, -0.2) is 5.48 Å². The van der Waals surface area contributed by atoms with Gasteiger partial charge < -0.3 is 4.84 Å². The summed E-state index contributed by atoms with van der Waals surface area (Å²) >= 11 is 0. The Hall–Kier alpha value is -0.930. The van der Waals surface area contributed by atoms with E-state index in [-0.39, 0.29) is 0 Å². The normalized spacial score (nSPS) is 10.8. The van der Waals surface area contributed by atoms with Crippen molar-refractivity contribution in [2.75, 3.05) is 6.61 Å². The van der Waals surface area contributed by atoms with Crippen molar-refractivity contribution in [3.63, 3.8) is 0 Å². The summed E-state index contributed by atoms with van der Waals surface area (Å²) in [5.74, 6) is 0. The van der Waals surface area contributed by atoms with Crippen molar-refractivity contribution in [2.24, 2.45) is 0 Å². The van der Waals surface area contributed by atoms with Crippen LogP contribution in [-0.4, -0.2) is 17.6 Å². The Morgan fingerprint density at radius 2 is 2.29 bits per heavy atom. The molecule has 3 heteroatoms. The minimum Gasteiger partial charge on any atom is -0.302 e. The molecule has 0 bridgehead atoms. The number of aromatic nitrogens is 1. The average molecular weight is 194 g/mol. The van der Waals surface area contributed by atoms with Gasteiger partial charge in [-0.3, -0.25) is 4.98 Å². The lowest BCUT2D eigenvalue weighted by Crippen LogP contribution is -2.23. The number of nitrogens with one attached hydrogen (secondary N) is 1. The summed E-state index contributed by atoms with van der Waals surface area (Å²) in [6.45, 7) is 4.84. The van der Waals surface area contributed by atoms with Crippen molar-refractivity contribution in [1.82, 2.24) is 10.5 Å². The topological polar surface area (TPSA) is 34.1 Å². The summed E-state index contributed by atoms with van der Waals surface area (Å²) in [7, 11) is 0. The second-order valence-electron chi connectivity index (χ2n) is 3.55. The molecule has 0 fully saturated rings. The van der Waals surface area contributed by atoms with Crippen LogP contribution in [0.5, 0.6) is 0 Å². The van der Waals surface area contributed by atoms with Crippen LogP contribution in [0.2, 0.25) is 0 Å². The van der Waals surface area contributed by atoms with E-state index in [1.165, 1.54) is 0 Å². The highest BCUT2D eigenvalue weighted by Gasteiger charge is 1.94. The van der Waals surface area contributed by atoms with Gasteiger partial charge in [0.05, 0.1) is 6.61 Å². The quantitative estimate of drug-likeness (QED) is 0.555. The Morgan fingerprint density at radius 1 is 1.43 bits per heavy atom. The van der Waals surface area contributed by atoms with Crippen molar-refractivity contribution in [3.05, 3.63) is 30.1 Å². The molecule has 1 aromatic rings. The fourth-order valence-electron chi connectivity index (χ4n) is 1.10. The van der Waals surface area contributed by atoms with Gasteiger partial charge in [-0.2, -0.15) is 0 Å². The van der Waals surface area contributed by atoms with E-state index in [9.17, 15) is 0 Å². The van der Waals surface area contributed by atoms with E-state index in [2.05, 4.69) is 24.3 Å². The summed E-state index contributed by atoms with van der Waals surface area (Å²) in [5, 5.41) is 0. The van der Waals surface area contributed by atoms with Crippen molar-refractivity contribution in [3.8, 4) is 0 Å². The van der Waals surface area contributed by atoms with Gasteiger partial charge in [-0.1, -0.05) is 6.07 Å². The predicted molar refractivity (Wildman–Crippen MR) is 56.8 cm³/mol. The van der Waals surface area contributed by atoms with Gasteiger partial charge >= 0.3 is 0 Å². The van der Waals surface area contributed by atoms with Gasteiger partial charge in [0.1, 0.15) is 0 Å². The smallest absolute Gasteiger partial charge is 0.0686 e. The van der Waals surface area contributed by atoms with Gasteiger partial charge in [-0.15, -0.1) is 0 Å². The van der Waals surface area contributed by atoms with Gasteiger partial charge in [0, 0.05) is 17.9 Å². The molecule has 1 N–H and O–H groups in total. The number of hydrogen-bond acceptors (Lipinski definition) is 3. The zero-order valence-electron chi connectivity index (χ0n) is 8.86. The highest BCUT2D eigenvalue weighted by atomic mass is 16.6. The second kappa shape index (κ2) is 6.51. The summed E-state index contributed by atoms with van der Waals surface area (Å²) in [5.41, 5.74) is 4.04. The van der Waals surface area contributed by atoms with Crippen LogP contribution < -0.4 is 5.48 Å². The third-order valence-corrected chi connectivity index (χ3v) is 1.72. The molecule has 0 radical (unpaired) electrons. The van der Waals surface area contributed by atoms with E-state index < -0.39 is 0 Å². The molecule has 3 nitrogen and oxygen atoms in total. The molecule has 1 heterocycles. The molecule has 1 aromatic heterocycles. The SMILES string of the molecule is CC(C)NOCCCc1ccccn1. The zero-order chi connectivity index (χ0) is 10.2. The first-order valence-corrected chi connectivity index (χ1v) is 5.06. The Kier molecular flexibility index (Phi) is 5.19. The number of nitrogens with zero attached hydrogens (tertiary/aromatic N) is 1. The number of pyridine rings is 1. The maximum Gasteiger partial charge on any atom is 0.0686 e. The first kappa shape index (κ1) is 11.1. The molecule has 0 unspecified atom stereocenters. The van der Waals surface area contributed by atoms with Crippen LogP contribution in [-0.2, 0) is 11.3 Å². The van der Waals surface area contributed by atoms with Crippen molar-refractivity contribution in [2.45, 2.75) is 32.7 Å². The van der Waals surface area contributed by atoms with Crippen LogP contribution in [0.25, 0.3) is 0 Å². The van der Waals surface area contributed by atoms with Crippen LogP contribution in [0, 0.1) is 0 Å². The van der Waals surface area contributed by atoms with Gasteiger partial charge in [0.25, 0.3) is 0 Å². The Labute approximate surface area is 85.5 Å². The fraction of sp³-hybridized carbons (Fsp3) is 0.545. The highest BCUT2D eigenvalue weighted by Crippen LogP contribution is 1.97. The lowest BCUT2D eigenvalue weighted by Gasteiger charge is -2.07. The molecule has 0 saturated carbocycles. The first-order valence-electron chi connectivity index (χ1n) is 5.06. The first-order chi connectivity index (χ1) is 6.79.